The Hall–Kier alpha value is -2.17. The van der Waals surface area contributed by atoms with Crippen molar-refractivity contribution in [2.24, 2.45) is 4.99 Å². The molecule has 23 heavy (non-hydrogen) atoms. The fourth-order valence-electron chi connectivity index (χ4n) is 2.98. The molecule has 0 bridgehead atoms. The number of hydrogen-bond acceptors (Lipinski definition) is 4. The molecule has 1 atom stereocenters. The van der Waals surface area contributed by atoms with Crippen LogP contribution in [0.3, 0.4) is 0 Å². The van der Waals surface area contributed by atoms with Crippen LogP contribution >= 0.6 is 0 Å². The molecule has 2 N–H and O–H groups in total. The van der Waals surface area contributed by atoms with Gasteiger partial charge in [-0.25, -0.2) is 0 Å². The predicted molar refractivity (Wildman–Crippen MR) is 95.7 cm³/mol. The first-order valence-corrected chi connectivity index (χ1v) is 8.03. The molecule has 0 saturated heterocycles. The van der Waals surface area contributed by atoms with E-state index in [1.807, 2.05) is 36.4 Å². The van der Waals surface area contributed by atoms with Crippen LogP contribution in [0.2, 0.25) is 0 Å². The van der Waals surface area contributed by atoms with Gasteiger partial charge in [0.2, 0.25) is 0 Å². The van der Waals surface area contributed by atoms with Gasteiger partial charge in [-0.3, -0.25) is 4.99 Å². The Morgan fingerprint density at radius 1 is 1.13 bits per heavy atom. The third-order valence-corrected chi connectivity index (χ3v) is 4.16. The fourth-order valence-corrected chi connectivity index (χ4v) is 2.98. The van der Waals surface area contributed by atoms with E-state index in [0.717, 1.165) is 24.5 Å². The molecule has 1 heterocycles. The van der Waals surface area contributed by atoms with Crippen LogP contribution in [0.15, 0.2) is 59.6 Å². The van der Waals surface area contributed by atoms with Crippen molar-refractivity contribution in [2.75, 3.05) is 31.6 Å². The van der Waals surface area contributed by atoms with Gasteiger partial charge in [0, 0.05) is 26.2 Å². The van der Waals surface area contributed by atoms with Crippen molar-refractivity contribution in [1.29, 1.82) is 0 Å². The summed E-state index contributed by atoms with van der Waals surface area (Å²) in [5, 5.41) is 12.9. The largest absolute Gasteiger partial charge is 0.396 e. The number of para-hydroxylation sites is 2. The Kier molecular flexibility index (Phi) is 5.05. The standard InChI is InChI=1S/C19H23N3O/c1-22-14-16(21-18-9-5-6-10-19(18)22)13-20-17(11-12-23)15-7-3-2-4-8-15/h2-10,17,20,23H,11-14H2,1H3/t17-/m0/s1. The van der Waals surface area contributed by atoms with Gasteiger partial charge in [0.05, 0.1) is 23.6 Å². The van der Waals surface area contributed by atoms with Crippen molar-refractivity contribution >= 4 is 17.1 Å². The van der Waals surface area contributed by atoms with Crippen molar-refractivity contribution in [1.82, 2.24) is 5.32 Å². The van der Waals surface area contributed by atoms with Gasteiger partial charge < -0.3 is 15.3 Å². The average molecular weight is 309 g/mol. The van der Waals surface area contributed by atoms with Crippen molar-refractivity contribution in [3.8, 4) is 0 Å². The molecular weight excluding hydrogens is 286 g/mol. The summed E-state index contributed by atoms with van der Waals surface area (Å²) in [4.78, 5) is 7.00. The maximum absolute atomic E-state index is 9.33. The molecule has 0 saturated carbocycles. The predicted octanol–water partition coefficient (Wildman–Crippen LogP) is 2.92. The molecule has 0 amide bonds. The van der Waals surface area contributed by atoms with Crippen LogP contribution in [0.4, 0.5) is 11.4 Å². The van der Waals surface area contributed by atoms with E-state index in [2.05, 4.69) is 35.5 Å². The second-order valence-electron chi connectivity index (χ2n) is 5.88. The fraction of sp³-hybridized carbons (Fsp3) is 0.316. The number of aliphatic imine (C=N–C) groups is 1. The lowest BCUT2D eigenvalue weighted by molar-refractivity contribution is 0.267. The van der Waals surface area contributed by atoms with Crippen LogP contribution in [-0.4, -0.2) is 37.6 Å². The Morgan fingerprint density at radius 3 is 2.65 bits per heavy atom. The zero-order valence-corrected chi connectivity index (χ0v) is 13.4. The third kappa shape index (κ3) is 3.78. The minimum Gasteiger partial charge on any atom is -0.396 e. The molecule has 1 aliphatic heterocycles. The Bertz CT molecular complexity index is 669. The number of nitrogens with one attached hydrogen (secondary N) is 1. The van der Waals surface area contributed by atoms with Crippen molar-refractivity contribution in [3.63, 3.8) is 0 Å². The molecular formula is C19H23N3O. The molecule has 2 aromatic rings. The highest BCUT2D eigenvalue weighted by Crippen LogP contribution is 2.30. The SMILES string of the molecule is CN1CC(CN[C@@H](CCO)c2ccccc2)=Nc2ccccc21. The Balaban J connectivity index is 1.71. The van der Waals surface area contributed by atoms with E-state index in [1.54, 1.807) is 0 Å². The number of rotatable bonds is 6. The van der Waals surface area contributed by atoms with Crippen LogP contribution < -0.4 is 10.2 Å². The first kappa shape index (κ1) is 15.7. The number of aliphatic hydroxyl groups is 1. The summed E-state index contributed by atoms with van der Waals surface area (Å²) < 4.78 is 0. The summed E-state index contributed by atoms with van der Waals surface area (Å²) in [5.41, 5.74) is 4.51. The lowest BCUT2D eigenvalue weighted by Gasteiger charge is -2.28. The summed E-state index contributed by atoms with van der Waals surface area (Å²) in [6, 6.07) is 18.6. The maximum Gasteiger partial charge on any atom is 0.0863 e. The number of nitrogens with zero attached hydrogens (tertiary/aromatic N) is 2. The molecule has 4 heteroatoms. The molecule has 120 valence electrons. The Labute approximate surface area is 137 Å². The lowest BCUT2D eigenvalue weighted by atomic mass is 10.0. The van der Waals surface area contributed by atoms with Crippen LogP contribution in [0.5, 0.6) is 0 Å². The van der Waals surface area contributed by atoms with E-state index in [1.165, 1.54) is 11.3 Å². The van der Waals surface area contributed by atoms with E-state index in [-0.39, 0.29) is 12.6 Å². The van der Waals surface area contributed by atoms with Gasteiger partial charge in [0.25, 0.3) is 0 Å². The average Bonchev–Trinajstić information content (AvgIpc) is 2.59. The van der Waals surface area contributed by atoms with Gasteiger partial charge in [-0.15, -0.1) is 0 Å². The smallest absolute Gasteiger partial charge is 0.0863 e. The molecule has 2 aromatic carbocycles. The number of hydrogen-bond donors (Lipinski definition) is 2. The van der Waals surface area contributed by atoms with Gasteiger partial charge in [0.1, 0.15) is 0 Å². The highest BCUT2D eigenvalue weighted by Gasteiger charge is 2.17. The van der Waals surface area contributed by atoms with Gasteiger partial charge >= 0.3 is 0 Å². The highest BCUT2D eigenvalue weighted by atomic mass is 16.3. The van der Waals surface area contributed by atoms with E-state index in [4.69, 9.17) is 4.99 Å². The van der Waals surface area contributed by atoms with Crippen molar-refractivity contribution in [2.45, 2.75) is 12.5 Å². The molecule has 0 unspecified atom stereocenters. The quantitative estimate of drug-likeness (QED) is 0.862. The molecule has 0 fully saturated rings. The van der Waals surface area contributed by atoms with Gasteiger partial charge in [-0.05, 0) is 24.1 Å². The third-order valence-electron chi connectivity index (χ3n) is 4.16. The summed E-state index contributed by atoms with van der Waals surface area (Å²) >= 11 is 0. The molecule has 3 rings (SSSR count). The normalized spacial score (nSPS) is 15.0. The van der Waals surface area contributed by atoms with Crippen LogP contribution in [0.1, 0.15) is 18.0 Å². The van der Waals surface area contributed by atoms with E-state index >= 15 is 0 Å². The van der Waals surface area contributed by atoms with E-state index in [9.17, 15) is 5.11 Å². The highest BCUT2D eigenvalue weighted by molar-refractivity contribution is 5.97. The number of aliphatic hydroxyl groups excluding tert-OH is 1. The minimum absolute atomic E-state index is 0.145. The minimum atomic E-state index is 0.145. The summed E-state index contributed by atoms with van der Waals surface area (Å²) in [6.07, 6.45) is 0.698. The maximum atomic E-state index is 9.33. The first-order chi connectivity index (χ1) is 11.3. The van der Waals surface area contributed by atoms with Gasteiger partial charge in [0.15, 0.2) is 0 Å². The van der Waals surface area contributed by atoms with Crippen LogP contribution in [0.25, 0.3) is 0 Å². The molecule has 1 aliphatic rings. The zero-order chi connectivity index (χ0) is 16.1. The summed E-state index contributed by atoms with van der Waals surface area (Å²) in [7, 11) is 2.09. The van der Waals surface area contributed by atoms with Crippen molar-refractivity contribution < 1.29 is 5.11 Å². The van der Waals surface area contributed by atoms with Crippen LogP contribution in [0, 0.1) is 0 Å². The number of benzene rings is 2. The molecule has 0 aliphatic carbocycles. The van der Waals surface area contributed by atoms with E-state index in [0.29, 0.717) is 6.42 Å². The second kappa shape index (κ2) is 7.40. The van der Waals surface area contributed by atoms with Gasteiger partial charge in [-0.2, -0.15) is 0 Å². The number of fused-ring (bicyclic) bond motifs is 1. The van der Waals surface area contributed by atoms with Gasteiger partial charge in [-0.1, -0.05) is 42.5 Å². The summed E-state index contributed by atoms with van der Waals surface area (Å²) in [6.45, 7) is 1.71. The monoisotopic (exact) mass is 309 g/mol. The topological polar surface area (TPSA) is 47.9 Å². The molecule has 0 aromatic heterocycles. The number of anilines is 1. The van der Waals surface area contributed by atoms with Crippen molar-refractivity contribution in [3.05, 3.63) is 60.2 Å². The Morgan fingerprint density at radius 2 is 1.87 bits per heavy atom. The second-order valence-corrected chi connectivity index (χ2v) is 5.88. The summed E-state index contributed by atoms with van der Waals surface area (Å²) in [5.74, 6) is 0. The molecule has 0 spiro atoms. The molecule has 0 radical (unpaired) electrons. The first-order valence-electron chi connectivity index (χ1n) is 8.03. The van der Waals surface area contributed by atoms with E-state index < -0.39 is 0 Å². The molecule has 4 nitrogen and oxygen atoms in total. The zero-order valence-electron chi connectivity index (χ0n) is 13.4. The lowest BCUT2D eigenvalue weighted by Crippen LogP contribution is -2.36. The van der Waals surface area contributed by atoms with Crippen LogP contribution in [-0.2, 0) is 0 Å².